The lowest BCUT2D eigenvalue weighted by Gasteiger charge is -2.17. The van der Waals surface area contributed by atoms with Crippen LogP contribution in [0.4, 0.5) is 0 Å². The summed E-state index contributed by atoms with van der Waals surface area (Å²) in [7, 11) is 0. The highest BCUT2D eigenvalue weighted by Gasteiger charge is 2.32. The van der Waals surface area contributed by atoms with Gasteiger partial charge in [0.1, 0.15) is 0 Å². The first-order valence-corrected chi connectivity index (χ1v) is 10.8. The van der Waals surface area contributed by atoms with E-state index in [-0.39, 0.29) is 18.4 Å². The number of rotatable bonds is 14. The molecule has 4 nitrogen and oxygen atoms in total. The Labute approximate surface area is 165 Å². The summed E-state index contributed by atoms with van der Waals surface area (Å²) in [5.74, 6) is -0.279. The van der Waals surface area contributed by atoms with Gasteiger partial charge in [0.05, 0.1) is 12.2 Å². The number of aliphatic carboxylic acids is 1. The van der Waals surface area contributed by atoms with Crippen LogP contribution in [-0.2, 0) is 4.79 Å². The van der Waals surface area contributed by atoms with E-state index < -0.39 is 12.1 Å². The molecule has 0 saturated heterocycles. The van der Waals surface area contributed by atoms with Gasteiger partial charge in [-0.3, -0.25) is 4.79 Å². The molecule has 0 aromatic rings. The summed E-state index contributed by atoms with van der Waals surface area (Å²) < 4.78 is 0. The third kappa shape index (κ3) is 9.07. The largest absolute Gasteiger partial charge is 0.481 e. The first kappa shape index (κ1) is 23.9. The van der Waals surface area contributed by atoms with Gasteiger partial charge in [0.15, 0.2) is 0 Å². The van der Waals surface area contributed by atoms with Crippen molar-refractivity contribution in [1.82, 2.24) is 0 Å². The van der Waals surface area contributed by atoms with Crippen molar-refractivity contribution in [1.29, 1.82) is 0 Å². The molecule has 0 bridgehead atoms. The molecule has 0 aromatic carbocycles. The van der Waals surface area contributed by atoms with E-state index in [4.69, 9.17) is 5.11 Å². The smallest absolute Gasteiger partial charge is 0.303 e. The molecule has 1 aliphatic carbocycles. The summed E-state index contributed by atoms with van der Waals surface area (Å²) in [6.07, 6.45) is 12.9. The summed E-state index contributed by atoms with van der Waals surface area (Å²) in [5, 5.41) is 29.4. The Morgan fingerprint density at radius 2 is 1.85 bits per heavy atom. The van der Waals surface area contributed by atoms with E-state index in [1.807, 2.05) is 12.2 Å². The molecule has 1 aliphatic rings. The normalized spacial score (nSPS) is 21.6. The molecule has 0 aliphatic heterocycles. The second kappa shape index (κ2) is 13.1. The van der Waals surface area contributed by atoms with Crippen LogP contribution in [0.25, 0.3) is 0 Å². The second-order valence-electron chi connectivity index (χ2n) is 8.26. The van der Waals surface area contributed by atoms with Crippen molar-refractivity contribution in [3.05, 3.63) is 23.3 Å². The molecule has 27 heavy (non-hydrogen) atoms. The van der Waals surface area contributed by atoms with Gasteiger partial charge in [-0.05, 0) is 38.0 Å². The average molecular weight is 381 g/mol. The first-order chi connectivity index (χ1) is 12.9. The van der Waals surface area contributed by atoms with Gasteiger partial charge in [-0.2, -0.15) is 0 Å². The van der Waals surface area contributed by atoms with E-state index in [0.29, 0.717) is 5.92 Å². The van der Waals surface area contributed by atoms with Gasteiger partial charge >= 0.3 is 5.97 Å². The number of hydrogen-bond donors (Lipinski definition) is 3. The van der Waals surface area contributed by atoms with E-state index in [9.17, 15) is 15.0 Å². The maximum atomic E-state index is 10.6. The fourth-order valence-electron chi connectivity index (χ4n) is 4.00. The lowest BCUT2D eigenvalue weighted by Crippen LogP contribution is -2.15. The van der Waals surface area contributed by atoms with Gasteiger partial charge in [0.25, 0.3) is 0 Å². The lowest BCUT2D eigenvalue weighted by atomic mass is 9.90. The number of hydrogen-bond acceptors (Lipinski definition) is 3. The van der Waals surface area contributed by atoms with Crippen LogP contribution >= 0.6 is 0 Å². The molecular formula is C23H40O4. The van der Waals surface area contributed by atoms with Crippen LogP contribution in [0.15, 0.2) is 23.3 Å². The summed E-state index contributed by atoms with van der Waals surface area (Å²) in [4.78, 5) is 10.6. The van der Waals surface area contributed by atoms with Crippen molar-refractivity contribution >= 4 is 5.97 Å². The van der Waals surface area contributed by atoms with Crippen molar-refractivity contribution in [3.8, 4) is 0 Å². The van der Waals surface area contributed by atoms with Gasteiger partial charge in [-0.15, -0.1) is 0 Å². The predicted molar refractivity (Wildman–Crippen MR) is 111 cm³/mol. The van der Waals surface area contributed by atoms with Crippen LogP contribution in [0.5, 0.6) is 0 Å². The fraction of sp³-hybridized carbons (Fsp3) is 0.783. The van der Waals surface area contributed by atoms with Gasteiger partial charge < -0.3 is 15.3 Å². The molecule has 3 atom stereocenters. The number of aliphatic hydroxyl groups is 2. The minimum atomic E-state index is -0.721. The maximum Gasteiger partial charge on any atom is 0.303 e. The fourth-order valence-corrected chi connectivity index (χ4v) is 4.00. The Bertz CT molecular complexity index is 493. The summed E-state index contributed by atoms with van der Waals surface area (Å²) in [6, 6.07) is 0. The number of unbranched alkanes of at least 4 members (excludes halogenated alkanes) is 5. The zero-order valence-electron chi connectivity index (χ0n) is 17.5. The van der Waals surface area contributed by atoms with Crippen LogP contribution in [0.1, 0.15) is 91.4 Å². The van der Waals surface area contributed by atoms with Gasteiger partial charge in [-0.25, -0.2) is 0 Å². The van der Waals surface area contributed by atoms with E-state index in [1.54, 1.807) is 0 Å². The number of aliphatic hydroxyl groups excluding tert-OH is 2. The molecule has 0 unspecified atom stereocenters. The Morgan fingerprint density at radius 3 is 2.48 bits per heavy atom. The average Bonchev–Trinajstić information content (AvgIpc) is 2.92. The molecular weight excluding hydrogens is 340 g/mol. The van der Waals surface area contributed by atoms with E-state index in [1.165, 1.54) is 11.1 Å². The van der Waals surface area contributed by atoms with Crippen molar-refractivity contribution < 1.29 is 20.1 Å². The first-order valence-electron chi connectivity index (χ1n) is 10.8. The molecule has 156 valence electrons. The van der Waals surface area contributed by atoms with Gasteiger partial charge in [0.2, 0.25) is 0 Å². The molecule has 0 spiro atoms. The van der Waals surface area contributed by atoms with Crippen LogP contribution in [0.2, 0.25) is 0 Å². The highest BCUT2D eigenvalue weighted by atomic mass is 16.4. The monoisotopic (exact) mass is 380 g/mol. The quantitative estimate of drug-likeness (QED) is 0.284. The standard InChI is InChI=1S/C23H40O4/c1-4-5-8-11-18(24)14-15-20-19(21(17(2)3)16-22(20)25)12-9-6-7-10-13-23(26)27/h14-15,17-18,20,22,24-25H,4-13,16H2,1-3H3,(H,26,27)/b15-14+/t18-,20+,22+/m0/s1. The van der Waals surface area contributed by atoms with Crippen LogP contribution in [0, 0.1) is 11.8 Å². The van der Waals surface area contributed by atoms with Gasteiger partial charge in [0, 0.05) is 12.3 Å². The van der Waals surface area contributed by atoms with Crippen molar-refractivity contribution in [2.45, 2.75) is 104 Å². The molecule has 0 aromatic heterocycles. The zero-order chi connectivity index (χ0) is 20.2. The Kier molecular flexibility index (Phi) is 11.6. The summed E-state index contributed by atoms with van der Waals surface area (Å²) >= 11 is 0. The topological polar surface area (TPSA) is 77.8 Å². The molecule has 0 saturated carbocycles. The lowest BCUT2D eigenvalue weighted by molar-refractivity contribution is -0.137. The van der Waals surface area contributed by atoms with E-state index in [2.05, 4.69) is 20.8 Å². The molecule has 4 heteroatoms. The van der Waals surface area contributed by atoms with Gasteiger partial charge in [-0.1, -0.05) is 76.2 Å². The Hall–Kier alpha value is -1.13. The summed E-state index contributed by atoms with van der Waals surface area (Å²) in [5.41, 5.74) is 2.70. The third-order valence-corrected chi connectivity index (χ3v) is 5.59. The molecule has 3 N–H and O–H groups in total. The highest BCUT2D eigenvalue weighted by molar-refractivity contribution is 5.66. The van der Waals surface area contributed by atoms with Crippen molar-refractivity contribution in [2.24, 2.45) is 11.8 Å². The number of carboxylic acids is 1. The number of carbonyl (C=O) groups is 1. The molecule has 0 heterocycles. The van der Waals surface area contributed by atoms with E-state index >= 15 is 0 Å². The predicted octanol–water partition coefficient (Wildman–Crippen LogP) is 5.24. The minimum absolute atomic E-state index is 0.0160. The van der Waals surface area contributed by atoms with Crippen molar-refractivity contribution in [2.75, 3.05) is 0 Å². The molecule has 0 amide bonds. The number of carboxylic acid groups (broad SMARTS) is 1. The Balaban J connectivity index is 2.61. The molecule has 0 radical (unpaired) electrons. The summed E-state index contributed by atoms with van der Waals surface area (Å²) in [6.45, 7) is 6.52. The SMILES string of the molecule is CCCCC[C@H](O)/C=C/[C@@H]1C(CCCCCCC(=O)O)=C(C(C)C)C[C@H]1O. The maximum absolute atomic E-state index is 10.6. The van der Waals surface area contributed by atoms with Crippen LogP contribution in [0.3, 0.4) is 0 Å². The Morgan fingerprint density at radius 1 is 1.15 bits per heavy atom. The minimum Gasteiger partial charge on any atom is -0.481 e. The van der Waals surface area contributed by atoms with Crippen molar-refractivity contribution in [3.63, 3.8) is 0 Å². The zero-order valence-corrected chi connectivity index (χ0v) is 17.5. The third-order valence-electron chi connectivity index (χ3n) is 5.59. The van der Waals surface area contributed by atoms with E-state index in [0.717, 1.165) is 64.2 Å². The molecule has 0 fully saturated rings. The van der Waals surface area contributed by atoms with Crippen LogP contribution in [-0.4, -0.2) is 33.5 Å². The molecule has 1 rings (SSSR count). The highest BCUT2D eigenvalue weighted by Crippen LogP contribution is 2.40. The second-order valence-corrected chi connectivity index (χ2v) is 8.26. The van der Waals surface area contributed by atoms with Crippen LogP contribution < -0.4 is 0 Å².